The Morgan fingerprint density at radius 1 is 1.16 bits per heavy atom. The molecule has 5 rings (SSSR count). The van der Waals surface area contributed by atoms with E-state index in [1.54, 1.807) is 29.2 Å². The van der Waals surface area contributed by atoms with Crippen LogP contribution in [0.5, 0.6) is 5.88 Å². The third-order valence-corrected chi connectivity index (χ3v) is 7.11. The molecular weight excluding hydrogens is 473 g/mol. The predicted octanol–water partition coefficient (Wildman–Crippen LogP) is 5.26. The topological polar surface area (TPSA) is 82.4 Å². The molecule has 2 atom stereocenters. The molecule has 37 heavy (non-hydrogen) atoms. The smallest absolute Gasteiger partial charge is 0.410 e. The molecular formula is C28H34FN5O3. The second-order valence-electron chi connectivity index (χ2n) is 11.3. The molecule has 2 aromatic heterocycles. The number of fused-ring (bicyclic) bond motifs is 2. The zero-order chi connectivity index (χ0) is 26.2. The molecule has 2 aliphatic rings. The van der Waals surface area contributed by atoms with E-state index in [0.29, 0.717) is 30.2 Å². The molecule has 2 unspecified atom stereocenters. The highest BCUT2D eigenvalue weighted by atomic mass is 19.1. The van der Waals surface area contributed by atoms with Crippen LogP contribution < -0.4 is 4.74 Å². The third kappa shape index (κ3) is 5.60. The molecule has 3 aromatic rings. The Morgan fingerprint density at radius 3 is 2.57 bits per heavy atom. The van der Waals surface area contributed by atoms with Crippen LogP contribution in [0.25, 0.3) is 5.69 Å². The van der Waals surface area contributed by atoms with Gasteiger partial charge in [0.2, 0.25) is 5.88 Å². The van der Waals surface area contributed by atoms with E-state index in [1.807, 2.05) is 17.9 Å². The summed E-state index contributed by atoms with van der Waals surface area (Å²) in [4.78, 5) is 23.5. The van der Waals surface area contributed by atoms with Crippen molar-refractivity contribution in [2.75, 3.05) is 6.61 Å². The van der Waals surface area contributed by atoms with Gasteiger partial charge in [0, 0.05) is 49.3 Å². The summed E-state index contributed by atoms with van der Waals surface area (Å²) in [5.74, 6) is 0.211. The maximum Gasteiger partial charge on any atom is 0.410 e. The Kier molecular flexibility index (Phi) is 6.88. The van der Waals surface area contributed by atoms with Crippen LogP contribution >= 0.6 is 0 Å². The van der Waals surface area contributed by atoms with E-state index in [1.165, 1.54) is 12.4 Å². The first kappa shape index (κ1) is 25.2. The second-order valence-corrected chi connectivity index (χ2v) is 11.3. The Bertz CT molecular complexity index is 1240. The minimum Gasteiger partial charge on any atom is -0.474 e. The molecule has 196 valence electrons. The van der Waals surface area contributed by atoms with E-state index in [9.17, 15) is 9.18 Å². The first-order chi connectivity index (χ1) is 17.7. The third-order valence-electron chi connectivity index (χ3n) is 7.11. The molecule has 2 fully saturated rings. The summed E-state index contributed by atoms with van der Waals surface area (Å²) < 4.78 is 28.5. The number of nitrogens with zero attached hydrogens (tertiary/aromatic N) is 5. The minimum atomic E-state index is -0.309. The zero-order valence-electron chi connectivity index (χ0n) is 21.9. The van der Waals surface area contributed by atoms with Gasteiger partial charge in [0.05, 0.1) is 18.0 Å². The SMILES string of the molecule is Cc1c(Cc2ccc(-n3cccn3)cc2F)ncnc1OC1CC2CCC(C1)N2C(=O)OCC(C)(C)C. The van der Waals surface area contributed by atoms with Crippen molar-refractivity contribution >= 4 is 6.09 Å². The molecule has 1 aromatic carbocycles. The number of rotatable bonds is 6. The normalized spacial score (nSPS) is 21.2. The van der Waals surface area contributed by atoms with Crippen LogP contribution in [0.3, 0.4) is 0 Å². The van der Waals surface area contributed by atoms with Crippen LogP contribution in [-0.4, -0.2) is 55.5 Å². The van der Waals surface area contributed by atoms with Gasteiger partial charge < -0.3 is 14.4 Å². The largest absolute Gasteiger partial charge is 0.474 e. The number of aromatic nitrogens is 4. The maximum absolute atomic E-state index is 14.9. The fraction of sp³-hybridized carbons (Fsp3) is 0.500. The van der Waals surface area contributed by atoms with Crippen molar-refractivity contribution in [1.82, 2.24) is 24.6 Å². The van der Waals surface area contributed by atoms with Crippen LogP contribution in [0, 0.1) is 18.2 Å². The van der Waals surface area contributed by atoms with Gasteiger partial charge in [-0.2, -0.15) is 5.10 Å². The second kappa shape index (κ2) is 10.1. The summed E-state index contributed by atoms with van der Waals surface area (Å²) in [6.45, 7) is 8.47. The van der Waals surface area contributed by atoms with Gasteiger partial charge in [-0.15, -0.1) is 0 Å². The Hall–Kier alpha value is -3.49. The molecule has 1 amide bonds. The summed E-state index contributed by atoms with van der Waals surface area (Å²) in [6.07, 6.45) is 8.36. The summed E-state index contributed by atoms with van der Waals surface area (Å²) >= 11 is 0. The van der Waals surface area contributed by atoms with Crippen LogP contribution in [0.4, 0.5) is 9.18 Å². The standard InChI is InChI=1S/C28H34FN5O3/c1-18-25(12-19-6-7-20(15-24(19)29)33-11-5-10-32-33)30-17-31-26(18)37-23-13-21-8-9-22(14-23)34(21)27(35)36-16-28(2,3)4/h5-7,10-11,15,17,21-23H,8-9,12-14,16H2,1-4H3. The molecule has 9 heteroatoms. The summed E-state index contributed by atoms with van der Waals surface area (Å²) in [5, 5.41) is 4.15. The van der Waals surface area contributed by atoms with Crippen molar-refractivity contribution in [3.63, 3.8) is 0 Å². The number of halogens is 1. The number of piperidine rings is 1. The highest BCUT2D eigenvalue weighted by molar-refractivity contribution is 5.69. The highest BCUT2D eigenvalue weighted by Gasteiger charge is 2.45. The predicted molar refractivity (Wildman–Crippen MR) is 136 cm³/mol. The van der Waals surface area contributed by atoms with Crippen LogP contribution in [-0.2, 0) is 11.2 Å². The molecule has 2 aliphatic heterocycles. The average molecular weight is 508 g/mol. The Balaban J connectivity index is 1.24. The number of hydrogen-bond acceptors (Lipinski definition) is 6. The first-order valence-electron chi connectivity index (χ1n) is 12.9. The monoisotopic (exact) mass is 507 g/mol. The van der Waals surface area contributed by atoms with Gasteiger partial charge in [0.1, 0.15) is 18.2 Å². The van der Waals surface area contributed by atoms with E-state index in [-0.39, 0.29) is 35.5 Å². The van der Waals surface area contributed by atoms with Crippen molar-refractivity contribution in [3.8, 4) is 11.6 Å². The van der Waals surface area contributed by atoms with Gasteiger partial charge in [-0.1, -0.05) is 26.8 Å². The van der Waals surface area contributed by atoms with Crippen LogP contribution in [0.2, 0.25) is 0 Å². The van der Waals surface area contributed by atoms with Crippen molar-refractivity contribution in [2.45, 2.75) is 78.0 Å². The molecule has 4 heterocycles. The van der Waals surface area contributed by atoms with Gasteiger partial charge in [0.25, 0.3) is 0 Å². The van der Waals surface area contributed by atoms with Gasteiger partial charge >= 0.3 is 6.09 Å². The molecule has 2 saturated heterocycles. The lowest BCUT2D eigenvalue weighted by molar-refractivity contribution is 0.0202. The number of carbonyl (C=O) groups is 1. The summed E-state index contributed by atoms with van der Waals surface area (Å²) in [5.41, 5.74) is 2.67. The molecule has 0 saturated carbocycles. The van der Waals surface area contributed by atoms with Gasteiger partial charge in [-0.05, 0) is 48.9 Å². The number of ether oxygens (including phenoxy) is 2. The minimum absolute atomic E-state index is 0.0456. The average Bonchev–Trinajstić information content (AvgIpc) is 3.47. The van der Waals surface area contributed by atoms with E-state index in [2.05, 4.69) is 35.8 Å². The zero-order valence-corrected chi connectivity index (χ0v) is 21.9. The molecule has 0 aliphatic carbocycles. The lowest BCUT2D eigenvalue weighted by Crippen LogP contribution is -2.49. The number of amides is 1. The quantitative estimate of drug-likeness (QED) is 0.453. The van der Waals surface area contributed by atoms with Gasteiger partial charge in [-0.3, -0.25) is 0 Å². The summed E-state index contributed by atoms with van der Waals surface area (Å²) in [6, 6.07) is 7.11. The van der Waals surface area contributed by atoms with E-state index in [4.69, 9.17) is 9.47 Å². The van der Waals surface area contributed by atoms with E-state index >= 15 is 0 Å². The number of benzene rings is 1. The van der Waals surface area contributed by atoms with Crippen LogP contribution in [0.1, 0.15) is 63.3 Å². The first-order valence-corrected chi connectivity index (χ1v) is 12.9. The van der Waals surface area contributed by atoms with E-state index < -0.39 is 0 Å². The Morgan fingerprint density at radius 2 is 1.92 bits per heavy atom. The molecule has 8 nitrogen and oxygen atoms in total. The van der Waals surface area contributed by atoms with Gasteiger partial charge in [0.15, 0.2) is 0 Å². The van der Waals surface area contributed by atoms with Crippen molar-refractivity contribution < 1.29 is 18.7 Å². The fourth-order valence-corrected chi connectivity index (χ4v) is 5.22. The lowest BCUT2D eigenvalue weighted by Gasteiger charge is -2.38. The highest BCUT2D eigenvalue weighted by Crippen LogP contribution is 2.38. The Labute approximate surface area is 216 Å². The molecule has 0 spiro atoms. The number of carbonyl (C=O) groups excluding carboxylic acids is 1. The van der Waals surface area contributed by atoms with Crippen molar-refractivity contribution in [2.24, 2.45) is 5.41 Å². The van der Waals surface area contributed by atoms with Crippen molar-refractivity contribution in [3.05, 3.63) is 65.6 Å². The number of hydrogen-bond donors (Lipinski definition) is 0. The van der Waals surface area contributed by atoms with E-state index in [0.717, 1.165) is 36.9 Å². The van der Waals surface area contributed by atoms with Crippen molar-refractivity contribution in [1.29, 1.82) is 0 Å². The molecule has 0 N–H and O–H groups in total. The maximum atomic E-state index is 14.9. The van der Waals surface area contributed by atoms with Crippen LogP contribution in [0.15, 0.2) is 43.0 Å². The fourth-order valence-electron chi connectivity index (χ4n) is 5.22. The molecule has 0 radical (unpaired) electrons. The van der Waals surface area contributed by atoms with Gasteiger partial charge in [-0.25, -0.2) is 23.8 Å². The summed E-state index contributed by atoms with van der Waals surface area (Å²) in [7, 11) is 0. The lowest BCUT2D eigenvalue weighted by atomic mass is 9.98. The molecule has 2 bridgehead atoms.